The molecule has 1 fully saturated rings. The minimum atomic E-state index is -4.71. The molecule has 0 spiro atoms. The Kier molecular flexibility index (Phi) is 6.44. The average molecular weight is 553 g/mol. The fourth-order valence-corrected chi connectivity index (χ4v) is 5.35. The molecule has 1 aromatic carbocycles. The second-order valence-corrected chi connectivity index (χ2v) is 10.3. The Morgan fingerprint density at radius 3 is 2.50 bits per heavy atom. The molecular weight excluding hydrogens is 530 g/mol. The smallest absolute Gasteiger partial charge is 0.354 e. The Morgan fingerprint density at radius 2 is 1.84 bits per heavy atom. The van der Waals surface area contributed by atoms with Crippen molar-refractivity contribution in [2.75, 3.05) is 37.0 Å². The van der Waals surface area contributed by atoms with Crippen molar-refractivity contribution >= 4 is 32.8 Å². The number of thiazole rings is 1. The van der Waals surface area contributed by atoms with Crippen molar-refractivity contribution in [1.29, 1.82) is 0 Å². The number of halogens is 6. The van der Waals surface area contributed by atoms with Crippen molar-refractivity contribution in [1.82, 2.24) is 19.9 Å². The van der Waals surface area contributed by atoms with Crippen LogP contribution < -0.4 is 9.80 Å². The van der Waals surface area contributed by atoms with Crippen LogP contribution in [-0.2, 0) is 6.18 Å². The molecule has 4 aromatic rings. The number of aromatic nitrogens is 4. The first-order valence-electron chi connectivity index (χ1n) is 11.6. The van der Waals surface area contributed by atoms with Gasteiger partial charge in [-0.25, -0.2) is 18.2 Å². The number of hydrogen-bond donors (Lipinski definition) is 0. The van der Waals surface area contributed by atoms with Crippen LogP contribution in [0.2, 0.25) is 0 Å². The molecule has 5 rings (SSSR count). The van der Waals surface area contributed by atoms with E-state index >= 15 is 13.2 Å². The third-order valence-electron chi connectivity index (χ3n) is 6.40. The third-order valence-corrected chi connectivity index (χ3v) is 7.62. The predicted octanol–water partition coefficient (Wildman–Crippen LogP) is 6.31. The highest BCUT2D eigenvalue weighted by atomic mass is 32.1. The van der Waals surface area contributed by atoms with E-state index in [0.29, 0.717) is 27.2 Å². The van der Waals surface area contributed by atoms with Gasteiger partial charge in [-0.15, -0.1) is 0 Å². The lowest BCUT2D eigenvalue weighted by molar-refractivity contribution is -0.137. The fourth-order valence-electron chi connectivity index (χ4n) is 4.42. The molecule has 1 saturated heterocycles. The van der Waals surface area contributed by atoms with E-state index in [-0.39, 0.29) is 35.9 Å². The lowest BCUT2D eigenvalue weighted by Gasteiger charge is -2.38. The van der Waals surface area contributed by atoms with Crippen LogP contribution >= 0.6 is 11.3 Å². The highest BCUT2D eigenvalue weighted by Crippen LogP contribution is 2.43. The van der Waals surface area contributed by atoms with Crippen molar-refractivity contribution in [3.8, 4) is 11.3 Å². The molecule has 38 heavy (non-hydrogen) atoms. The van der Waals surface area contributed by atoms with E-state index in [9.17, 15) is 13.2 Å². The minimum absolute atomic E-state index is 0.0497. The van der Waals surface area contributed by atoms with Gasteiger partial charge in [0.15, 0.2) is 10.8 Å². The Balaban J connectivity index is 1.62. The quantitative estimate of drug-likeness (QED) is 0.277. The van der Waals surface area contributed by atoms with Crippen molar-refractivity contribution in [3.05, 3.63) is 59.2 Å². The van der Waals surface area contributed by atoms with E-state index < -0.39 is 35.8 Å². The van der Waals surface area contributed by atoms with Crippen molar-refractivity contribution in [2.45, 2.75) is 31.4 Å². The number of pyridine rings is 1. The molecule has 200 valence electrons. The molecule has 0 unspecified atom stereocenters. The molecule has 0 N–H and O–H groups in total. The first kappa shape index (κ1) is 26.1. The van der Waals surface area contributed by atoms with Crippen LogP contribution in [0.25, 0.3) is 21.6 Å². The molecule has 0 saturated carbocycles. The lowest BCUT2D eigenvalue weighted by Crippen LogP contribution is -2.46. The van der Waals surface area contributed by atoms with Gasteiger partial charge in [0.1, 0.15) is 10.5 Å². The van der Waals surface area contributed by atoms with Gasteiger partial charge in [-0.05, 0) is 42.8 Å². The van der Waals surface area contributed by atoms with Crippen LogP contribution in [0, 0.1) is 12.7 Å². The lowest BCUT2D eigenvalue weighted by atomic mass is 9.87. The van der Waals surface area contributed by atoms with Gasteiger partial charge in [-0.1, -0.05) is 11.3 Å². The van der Waals surface area contributed by atoms with Gasteiger partial charge in [-0.3, -0.25) is 4.98 Å². The van der Waals surface area contributed by atoms with E-state index in [4.69, 9.17) is 0 Å². The molecule has 0 radical (unpaired) electrons. The van der Waals surface area contributed by atoms with E-state index in [1.807, 2.05) is 0 Å². The van der Waals surface area contributed by atoms with Crippen LogP contribution in [0.4, 0.5) is 37.4 Å². The molecule has 1 aliphatic rings. The topological polar surface area (TPSA) is 58.0 Å². The summed E-state index contributed by atoms with van der Waals surface area (Å²) in [6.45, 7) is 1.52. The number of nitrogens with zero attached hydrogens (tertiary/aromatic N) is 6. The first-order valence-corrected chi connectivity index (χ1v) is 12.4. The Morgan fingerprint density at radius 1 is 1.08 bits per heavy atom. The molecule has 3 aromatic heterocycles. The van der Waals surface area contributed by atoms with E-state index in [1.165, 1.54) is 6.20 Å². The zero-order chi connectivity index (χ0) is 27.4. The first-order chi connectivity index (χ1) is 17.8. The van der Waals surface area contributed by atoms with Gasteiger partial charge >= 0.3 is 6.18 Å². The van der Waals surface area contributed by atoms with Crippen LogP contribution in [0.5, 0.6) is 0 Å². The summed E-state index contributed by atoms with van der Waals surface area (Å²) in [5.74, 6) is -5.22. The predicted molar refractivity (Wildman–Crippen MR) is 133 cm³/mol. The Labute approximate surface area is 218 Å². The van der Waals surface area contributed by atoms with Crippen LogP contribution in [0.1, 0.15) is 29.2 Å². The zero-order valence-corrected chi connectivity index (χ0v) is 21.3. The van der Waals surface area contributed by atoms with Gasteiger partial charge in [0.2, 0.25) is 5.95 Å². The molecule has 0 amide bonds. The van der Waals surface area contributed by atoms with E-state index in [1.54, 1.807) is 43.0 Å². The highest BCUT2D eigenvalue weighted by molar-refractivity contribution is 7.22. The summed E-state index contributed by atoms with van der Waals surface area (Å²) in [6.07, 6.45) is -3.70. The molecular formula is C25H22F6N6S. The minimum Gasteiger partial charge on any atom is -0.354 e. The summed E-state index contributed by atoms with van der Waals surface area (Å²) in [4.78, 5) is 20.8. The molecule has 1 aliphatic heterocycles. The molecule has 4 heterocycles. The van der Waals surface area contributed by atoms with Crippen molar-refractivity contribution < 1.29 is 26.3 Å². The molecule has 13 heteroatoms. The number of anilines is 2. The monoisotopic (exact) mass is 552 g/mol. The summed E-state index contributed by atoms with van der Waals surface area (Å²) >= 11 is 1.15. The van der Waals surface area contributed by atoms with Gasteiger partial charge in [0, 0.05) is 51.1 Å². The maximum absolute atomic E-state index is 15.1. The maximum atomic E-state index is 15.1. The van der Waals surface area contributed by atoms with E-state index in [2.05, 4.69) is 19.9 Å². The number of rotatable bonds is 4. The summed E-state index contributed by atoms with van der Waals surface area (Å²) < 4.78 is 84.9. The van der Waals surface area contributed by atoms with Crippen LogP contribution in [0.3, 0.4) is 0 Å². The molecule has 0 bridgehead atoms. The largest absolute Gasteiger partial charge is 0.416 e. The summed E-state index contributed by atoms with van der Waals surface area (Å²) in [5.41, 5.74) is -0.0136. The number of alkyl halides is 5. The van der Waals surface area contributed by atoms with Crippen molar-refractivity contribution in [3.63, 3.8) is 0 Å². The maximum Gasteiger partial charge on any atom is 0.416 e. The number of fused-ring (bicyclic) bond motifs is 1. The van der Waals surface area contributed by atoms with Gasteiger partial charge < -0.3 is 9.80 Å². The molecule has 0 aliphatic carbocycles. The number of piperidine rings is 1. The zero-order valence-electron chi connectivity index (χ0n) is 20.5. The molecule has 1 atom stereocenters. The molecule has 6 nitrogen and oxygen atoms in total. The number of aryl methyl sites for hydroxylation is 1. The third kappa shape index (κ3) is 4.86. The van der Waals surface area contributed by atoms with Crippen molar-refractivity contribution in [2.24, 2.45) is 0 Å². The highest BCUT2D eigenvalue weighted by Gasteiger charge is 2.45. The second kappa shape index (κ2) is 9.37. The van der Waals surface area contributed by atoms with Gasteiger partial charge in [0.05, 0.1) is 17.2 Å². The van der Waals surface area contributed by atoms with E-state index in [0.717, 1.165) is 23.5 Å². The normalized spacial score (nSPS) is 17.7. The number of benzene rings is 1. The Hall–Kier alpha value is -3.48. The second-order valence-electron chi connectivity index (χ2n) is 9.35. The fraction of sp³-hybridized carbons (Fsp3) is 0.360. The van der Waals surface area contributed by atoms with Crippen LogP contribution in [-0.4, -0.2) is 53.0 Å². The number of hydrogen-bond acceptors (Lipinski definition) is 7. The standard InChI is InChI=1S/C25H22F6N6S/c1-13-10-14(6-8-32-13)17-12-37(9-7-24(17,27)28)22-33-19(20-21(34-22)35-23(38-20)36(2)3)16-5-4-15(11-18(16)26)25(29,30)31/h4-6,8,10-11,17H,7,9,12H2,1-3H3/t17-/m1/s1. The summed E-state index contributed by atoms with van der Waals surface area (Å²) in [5, 5.41) is 0.523. The SMILES string of the molecule is Cc1cc([C@H]2CN(c3nc(-c4ccc(C(F)(F)F)cc4F)c4sc(N(C)C)nc4n3)CCC2(F)F)ccn1. The van der Waals surface area contributed by atoms with Gasteiger partial charge in [-0.2, -0.15) is 23.1 Å². The Bertz CT molecular complexity index is 1500. The average Bonchev–Trinajstić information content (AvgIpc) is 3.28. The summed E-state index contributed by atoms with van der Waals surface area (Å²) in [7, 11) is 3.50. The van der Waals surface area contributed by atoms with Gasteiger partial charge in [0.25, 0.3) is 5.92 Å². The summed E-state index contributed by atoms with van der Waals surface area (Å²) in [6, 6.07) is 5.37. The van der Waals surface area contributed by atoms with Crippen LogP contribution in [0.15, 0.2) is 36.5 Å².